The lowest BCUT2D eigenvalue weighted by Crippen LogP contribution is -2.30. The number of benzene rings is 2. The lowest BCUT2D eigenvalue weighted by Gasteiger charge is -2.19. The van der Waals surface area contributed by atoms with Gasteiger partial charge >= 0.3 is 0 Å². The van der Waals surface area contributed by atoms with E-state index in [0.717, 1.165) is 24.3 Å². The van der Waals surface area contributed by atoms with Crippen LogP contribution in [0.15, 0.2) is 48.5 Å². The average molecular weight is 398 g/mol. The normalized spacial score (nSPS) is 10.3. The van der Waals surface area contributed by atoms with Gasteiger partial charge in [-0.15, -0.1) is 0 Å². The van der Waals surface area contributed by atoms with Crippen molar-refractivity contribution in [2.24, 2.45) is 0 Å². The second-order valence-corrected chi connectivity index (χ2v) is 6.69. The highest BCUT2D eigenvalue weighted by Gasteiger charge is 2.12. The van der Waals surface area contributed by atoms with Gasteiger partial charge in [-0.1, -0.05) is 25.5 Å². The van der Waals surface area contributed by atoms with Gasteiger partial charge in [-0.25, -0.2) is 0 Å². The minimum absolute atomic E-state index is 0.0111. The number of ether oxygens (including phenoxy) is 1. The predicted octanol–water partition coefficient (Wildman–Crippen LogP) is 4.40. The summed E-state index contributed by atoms with van der Waals surface area (Å²) < 4.78 is 5.67. The number of rotatable bonds is 11. The summed E-state index contributed by atoms with van der Waals surface area (Å²) >= 11 is 0. The minimum Gasteiger partial charge on any atom is -0.494 e. The Kier molecular flexibility index (Phi) is 9.02. The van der Waals surface area contributed by atoms with Crippen LogP contribution in [-0.4, -0.2) is 43.0 Å². The molecule has 0 spiro atoms. The molecule has 0 bridgehead atoms. The summed E-state index contributed by atoms with van der Waals surface area (Å²) in [6.45, 7) is 8.12. The number of amides is 2. The van der Waals surface area contributed by atoms with Crippen LogP contribution in [0.2, 0.25) is 0 Å². The Balaban J connectivity index is 1.90. The van der Waals surface area contributed by atoms with Crippen LogP contribution in [0.5, 0.6) is 5.75 Å². The molecule has 0 unspecified atom stereocenters. The number of anilines is 2. The number of carbonyl (C=O) groups excluding carboxylic acids is 2. The van der Waals surface area contributed by atoms with E-state index in [1.807, 2.05) is 50.2 Å². The van der Waals surface area contributed by atoms with Crippen molar-refractivity contribution in [3.05, 3.63) is 54.1 Å². The van der Waals surface area contributed by atoms with Crippen LogP contribution >= 0.6 is 0 Å². The van der Waals surface area contributed by atoms with Crippen molar-refractivity contribution in [2.45, 2.75) is 33.6 Å². The van der Waals surface area contributed by atoms with Crippen molar-refractivity contribution >= 4 is 23.2 Å². The Morgan fingerprint density at radius 2 is 1.69 bits per heavy atom. The molecule has 6 nitrogen and oxygen atoms in total. The number of nitrogens with zero attached hydrogens (tertiary/aromatic N) is 1. The van der Waals surface area contributed by atoms with E-state index in [9.17, 15) is 9.59 Å². The first-order valence-electron chi connectivity index (χ1n) is 10.2. The molecule has 2 rings (SSSR count). The highest BCUT2D eigenvalue weighted by atomic mass is 16.5. The van der Waals surface area contributed by atoms with Crippen molar-refractivity contribution in [2.75, 3.05) is 36.9 Å². The predicted molar refractivity (Wildman–Crippen MR) is 118 cm³/mol. The molecule has 0 aromatic heterocycles. The Bertz CT molecular complexity index is 803. The summed E-state index contributed by atoms with van der Waals surface area (Å²) in [6, 6.07) is 14.6. The highest BCUT2D eigenvalue weighted by molar-refractivity contribution is 5.96. The van der Waals surface area contributed by atoms with Crippen molar-refractivity contribution in [1.29, 1.82) is 0 Å². The van der Waals surface area contributed by atoms with E-state index in [1.54, 1.807) is 17.0 Å². The minimum atomic E-state index is -0.170. The Morgan fingerprint density at radius 3 is 2.41 bits per heavy atom. The SMILES string of the molecule is CCCCOc1cccc(NC(=O)CNc2cccc(C(=O)N(CC)CC)c2)c1. The van der Waals surface area contributed by atoms with Crippen LogP contribution in [-0.2, 0) is 4.79 Å². The molecular weight excluding hydrogens is 366 g/mol. The maximum Gasteiger partial charge on any atom is 0.253 e. The van der Waals surface area contributed by atoms with Gasteiger partial charge in [-0.05, 0) is 50.6 Å². The Hall–Kier alpha value is -3.02. The third kappa shape index (κ3) is 7.14. The van der Waals surface area contributed by atoms with Crippen molar-refractivity contribution < 1.29 is 14.3 Å². The van der Waals surface area contributed by atoms with E-state index < -0.39 is 0 Å². The zero-order chi connectivity index (χ0) is 21.1. The summed E-state index contributed by atoms with van der Waals surface area (Å²) in [6.07, 6.45) is 2.07. The molecule has 0 aliphatic carbocycles. The summed E-state index contributed by atoms with van der Waals surface area (Å²) in [5.74, 6) is 0.561. The van der Waals surface area contributed by atoms with Gasteiger partial charge in [0.2, 0.25) is 5.91 Å². The number of hydrogen-bond acceptors (Lipinski definition) is 4. The molecule has 29 heavy (non-hydrogen) atoms. The molecule has 0 saturated heterocycles. The third-order valence-electron chi connectivity index (χ3n) is 4.50. The van der Waals surface area contributed by atoms with Crippen molar-refractivity contribution in [3.63, 3.8) is 0 Å². The molecule has 0 atom stereocenters. The molecule has 0 radical (unpaired) electrons. The van der Waals surface area contributed by atoms with E-state index in [-0.39, 0.29) is 18.4 Å². The van der Waals surface area contributed by atoms with Gasteiger partial charge in [-0.2, -0.15) is 0 Å². The lowest BCUT2D eigenvalue weighted by molar-refractivity contribution is -0.114. The summed E-state index contributed by atoms with van der Waals surface area (Å²) in [5.41, 5.74) is 2.03. The van der Waals surface area contributed by atoms with E-state index in [0.29, 0.717) is 30.9 Å². The first-order chi connectivity index (χ1) is 14.1. The molecular formula is C23H31N3O3. The molecule has 2 amide bonds. The van der Waals surface area contributed by atoms with E-state index in [4.69, 9.17) is 4.74 Å². The molecule has 156 valence electrons. The molecule has 6 heteroatoms. The molecule has 2 N–H and O–H groups in total. The molecule has 2 aromatic rings. The second kappa shape index (κ2) is 11.7. The number of nitrogens with one attached hydrogen (secondary N) is 2. The van der Waals surface area contributed by atoms with Gasteiger partial charge in [-0.3, -0.25) is 9.59 Å². The number of unbranched alkanes of at least 4 members (excludes halogenated alkanes) is 1. The lowest BCUT2D eigenvalue weighted by atomic mass is 10.1. The molecule has 0 saturated carbocycles. The summed E-state index contributed by atoms with van der Waals surface area (Å²) in [5, 5.41) is 5.94. The smallest absolute Gasteiger partial charge is 0.253 e. The fraction of sp³-hybridized carbons (Fsp3) is 0.391. The van der Waals surface area contributed by atoms with E-state index in [2.05, 4.69) is 17.6 Å². The standard InChI is InChI=1S/C23H31N3O3/c1-4-7-14-29-21-13-9-12-20(16-21)25-22(27)17-24-19-11-8-10-18(15-19)23(28)26(5-2)6-3/h8-13,15-16,24H,4-7,14,17H2,1-3H3,(H,25,27). The molecule has 0 aliphatic rings. The van der Waals surface area contributed by atoms with Gasteiger partial charge in [0, 0.05) is 36.1 Å². The first-order valence-corrected chi connectivity index (χ1v) is 10.2. The largest absolute Gasteiger partial charge is 0.494 e. The molecule has 0 aliphatic heterocycles. The van der Waals surface area contributed by atoms with Crippen molar-refractivity contribution in [1.82, 2.24) is 4.90 Å². The summed E-state index contributed by atoms with van der Waals surface area (Å²) in [4.78, 5) is 26.5. The van der Waals surface area contributed by atoms with Crippen LogP contribution in [0.25, 0.3) is 0 Å². The quantitative estimate of drug-likeness (QED) is 0.552. The van der Waals surface area contributed by atoms with Crippen LogP contribution in [0.3, 0.4) is 0 Å². The van der Waals surface area contributed by atoms with Gasteiger partial charge in [0.25, 0.3) is 5.91 Å². The van der Waals surface area contributed by atoms with Gasteiger partial charge < -0.3 is 20.3 Å². The van der Waals surface area contributed by atoms with Crippen LogP contribution in [0.4, 0.5) is 11.4 Å². The third-order valence-corrected chi connectivity index (χ3v) is 4.50. The molecule has 0 fully saturated rings. The maximum absolute atomic E-state index is 12.5. The van der Waals surface area contributed by atoms with Gasteiger partial charge in [0.15, 0.2) is 0 Å². The van der Waals surface area contributed by atoms with Crippen LogP contribution < -0.4 is 15.4 Å². The first kappa shape index (κ1) is 22.3. The Morgan fingerprint density at radius 1 is 0.966 bits per heavy atom. The monoisotopic (exact) mass is 397 g/mol. The number of hydrogen-bond donors (Lipinski definition) is 2. The fourth-order valence-corrected chi connectivity index (χ4v) is 2.84. The van der Waals surface area contributed by atoms with E-state index in [1.165, 1.54) is 0 Å². The molecule has 0 heterocycles. The fourth-order valence-electron chi connectivity index (χ4n) is 2.84. The zero-order valence-corrected chi connectivity index (χ0v) is 17.5. The van der Waals surface area contributed by atoms with Crippen LogP contribution in [0.1, 0.15) is 44.0 Å². The Labute approximate surface area is 173 Å². The highest BCUT2D eigenvalue weighted by Crippen LogP contribution is 2.18. The van der Waals surface area contributed by atoms with Gasteiger partial charge in [0.1, 0.15) is 5.75 Å². The van der Waals surface area contributed by atoms with E-state index >= 15 is 0 Å². The second-order valence-electron chi connectivity index (χ2n) is 6.69. The maximum atomic E-state index is 12.5. The summed E-state index contributed by atoms with van der Waals surface area (Å²) in [7, 11) is 0. The topological polar surface area (TPSA) is 70.7 Å². The average Bonchev–Trinajstić information content (AvgIpc) is 2.74. The van der Waals surface area contributed by atoms with Crippen LogP contribution in [0, 0.1) is 0 Å². The molecule has 2 aromatic carbocycles. The van der Waals surface area contributed by atoms with Crippen molar-refractivity contribution in [3.8, 4) is 5.75 Å². The number of carbonyl (C=O) groups is 2. The zero-order valence-electron chi connectivity index (χ0n) is 17.5. The van der Waals surface area contributed by atoms with Gasteiger partial charge in [0.05, 0.1) is 13.2 Å².